The van der Waals surface area contributed by atoms with Crippen LogP contribution in [0.3, 0.4) is 0 Å². The zero-order valence-corrected chi connectivity index (χ0v) is 13.7. The van der Waals surface area contributed by atoms with E-state index in [1.165, 1.54) is 0 Å². The molecule has 0 N–H and O–H groups in total. The molecule has 128 valence electrons. The molecule has 1 aliphatic heterocycles. The number of aromatic nitrogens is 1. The zero-order chi connectivity index (χ0) is 17.1. The molecular formula is C17H20N2O5. The molecule has 0 aliphatic carbocycles. The fraction of sp³-hybridized carbons (Fsp3) is 0.471. The quantitative estimate of drug-likeness (QED) is 0.790. The Kier molecular flexibility index (Phi) is 4.80. The van der Waals surface area contributed by atoms with Gasteiger partial charge < -0.3 is 18.9 Å². The number of hydrogen-bond donors (Lipinski definition) is 0. The van der Waals surface area contributed by atoms with Crippen LogP contribution in [0, 0.1) is 0 Å². The number of rotatable bonds is 4. The van der Waals surface area contributed by atoms with Crippen LogP contribution in [0.4, 0.5) is 0 Å². The highest BCUT2D eigenvalue weighted by atomic mass is 16.5. The van der Waals surface area contributed by atoms with Gasteiger partial charge >= 0.3 is 5.97 Å². The second-order valence-electron chi connectivity index (χ2n) is 6.02. The summed E-state index contributed by atoms with van der Waals surface area (Å²) < 4.78 is 15.8. The van der Waals surface area contributed by atoms with Crippen LogP contribution < -0.4 is 0 Å². The van der Waals surface area contributed by atoms with Crippen molar-refractivity contribution in [2.75, 3.05) is 19.7 Å². The Morgan fingerprint density at radius 1 is 1.25 bits per heavy atom. The van der Waals surface area contributed by atoms with Gasteiger partial charge in [0.2, 0.25) is 0 Å². The van der Waals surface area contributed by atoms with Crippen LogP contribution >= 0.6 is 0 Å². The molecule has 7 heteroatoms. The lowest BCUT2D eigenvalue weighted by Crippen LogP contribution is -2.49. The maximum absolute atomic E-state index is 12.2. The maximum Gasteiger partial charge on any atom is 0.312 e. The minimum absolute atomic E-state index is 0.0186. The molecule has 0 spiro atoms. The maximum atomic E-state index is 12.2. The highest BCUT2D eigenvalue weighted by molar-refractivity contribution is 5.85. The number of carbonyl (C=O) groups is 2. The van der Waals surface area contributed by atoms with Crippen LogP contribution in [0.1, 0.15) is 19.5 Å². The lowest BCUT2D eigenvalue weighted by Gasteiger charge is -2.35. The fourth-order valence-electron chi connectivity index (χ4n) is 2.87. The second-order valence-corrected chi connectivity index (χ2v) is 6.02. The van der Waals surface area contributed by atoms with Crippen LogP contribution in [0.5, 0.6) is 0 Å². The number of benzene rings is 1. The molecule has 1 aliphatic rings. The van der Waals surface area contributed by atoms with Crippen LogP contribution in [0.15, 0.2) is 28.8 Å². The molecule has 2 atom stereocenters. The van der Waals surface area contributed by atoms with Gasteiger partial charge in [0.25, 0.3) is 5.91 Å². The first kappa shape index (κ1) is 16.4. The Hall–Kier alpha value is -2.41. The molecule has 1 aromatic carbocycles. The molecule has 0 unspecified atom stereocenters. The molecule has 2 aromatic rings. The number of carbonyl (C=O) groups excluding carboxylic acids is 2. The van der Waals surface area contributed by atoms with Gasteiger partial charge in [-0.15, -0.1) is 0 Å². The number of fused-ring (bicyclic) bond motifs is 1. The Morgan fingerprint density at radius 3 is 2.71 bits per heavy atom. The van der Waals surface area contributed by atoms with E-state index in [0.717, 1.165) is 5.39 Å². The molecule has 0 saturated carbocycles. The first-order valence-electron chi connectivity index (χ1n) is 7.95. The molecule has 24 heavy (non-hydrogen) atoms. The van der Waals surface area contributed by atoms with E-state index in [0.29, 0.717) is 24.4 Å². The highest BCUT2D eigenvalue weighted by Crippen LogP contribution is 2.18. The summed E-state index contributed by atoms with van der Waals surface area (Å²) in [6, 6.07) is 7.29. The molecule has 1 fully saturated rings. The van der Waals surface area contributed by atoms with Crippen molar-refractivity contribution in [1.82, 2.24) is 10.1 Å². The molecule has 0 radical (unpaired) electrons. The van der Waals surface area contributed by atoms with Gasteiger partial charge in [0, 0.05) is 18.5 Å². The van der Waals surface area contributed by atoms with E-state index >= 15 is 0 Å². The standard InChI is InChI=1S/C17H20N2O5/c1-11-8-19(9-12(2)23-11)16(20)10-22-17(21)7-14-13-5-3-4-6-15(13)24-18-14/h3-6,11-12H,7-10H2,1-2H3/t11-,12+. The zero-order valence-electron chi connectivity index (χ0n) is 13.7. The van der Waals surface area contributed by atoms with Gasteiger partial charge in [-0.05, 0) is 26.0 Å². The third kappa shape index (κ3) is 3.73. The van der Waals surface area contributed by atoms with Gasteiger partial charge in [0.1, 0.15) is 5.69 Å². The van der Waals surface area contributed by atoms with Crippen molar-refractivity contribution in [1.29, 1.82) is 0 Å². The van der Waals surface area contributed by atoms with Crippen molar-refractivity contribution >= 4 is 22.8 Å². The van der Waals surface area contributed by atoms with E-state index in [4.69, 9.17) is 14.0 Å². The summed E-state index contributed by atoms with van der Waals surface area (Å²) in [6.45, 7) is 4.58. The van der Waals surface area contributed by atoms with Crippen LogP contribution in [0.2, 0.25) is 0 Å². The lowest BCUT2D eigenvalue weighted by molar-refractivity contribution is -0.156. The number of nitrogens with zero attached hydrogens (tertiary/aromatic N) is 2. The Balaban J connectivity index is 1.53. The largest absolute Gasteiger partial charge is 0.455 e. The number of morpholine rings is 1. The second kappa shape index (κ2) is 7.00. The minimum Gasteiger partial charge on any atom is -0.455 e. The first-order chi connectivity index (χ1) is 11.5. The SMILES string of the molecule is C[C@@H]1CN(C(=O)COC(=O)Cc2noc3ccccc23)C[C@H](C)O1. The average molecular weight is 332 g/mol. The van der Waals surface area contributed by atoms with Gasteiger partial charge in [0.05, 0.1) is 18.6 Å². The minimum atomic E-state index is -0.503. The summed E-state index contributed by atoms with van der Waals surface area (Å²) in [5.41, 5.74) is 1.13. The molecule has 2 heterocycles. The Morgan fingerprint density at radius 2 is 1.96 bits per heavy atom. The third-order valence-corrected chi connectivity index (χ3v) is 3.89. The average Bonchev–Trinajstić information content (AvgIpc) is 2.95. The summed E-state index contributed by atoms with van der Waals surface area (Å²) in [5, 5.41) is 4.66. The van der Waals surface area contributed by atoms with Gasteiger partial charge in [-0.2, -0.15) is 0 Å². The number of esters is 1. The highest BCUT2D eigenvalue weighted by Gasteiger charge is 2.26. The number of ether oxygens (including phenoxy) is 2. The number of para-hydroxylation sites is 1. The van der Waals surface area contributed by atoms with E-state index < -0.39 is 5.97 Å². The summed E-state index contributed by atoms with van der Waals surface area (Å²) in [7, 11) is 0. The van der Waals surface area contributed by atoms with Crippen molar-refractivity contribution in [3.8, 4) is 0 Å². The van der Waals surface area contributed by atoms with Crippen molar-refractivity contribution < 1.29 is 23.6 Å². The van der Waals surface area contributed by atoms with Crippen molar-refractivity contribution in [2.24, 2.45) is 0 Å². The predicted molar refractivity (Wildman–Crippen MR) is 85.3 cm³/mol. The van der Waals surface area contributed by atoms with E-state index in [1.54, 1.807) is 11.0 Å². The molecule has 0 bridgehead atoms. The Labute approximate surface area is 139 Å². The van der Waals surface area contributed by atoms with Crippen molar-refractivity contribution in [3.05, 3.63) is 30.0 Å². The molecular weight excluding hydrogens is 312 g/mol. The van der Waals surface area contributed by atoms with Crippen LogP contribution in [0.25, 0.3) is 11.0 Å². The lowest BCUT2D eigenvalue weighted by atomic mass is 10.2. The fourth-order valence-corrected chi connectivity index (χ4v) is 2.87. The van der Waals surface area contributed by atoms with Gasteiger partial charge in [-0.3, -0.25) is 9.59 Å². The first-order valence-corrected chi connectivity index (χ1v) is 7.95. The summed E-state index contributed by atoms with van der Waals surface area (Å²) in [4.78, 5) is 25.8. The van der Waals surface area contributed by atoms with E-state index in [1.807, 2.05) is 32.0 Å². The van der Waals surface area contributed by atoms with Crippen molar-refractivity contribution in [3.63, 3.8) is 0 Å². The molecule has 1 saturated heterocycles. The predicted octanol–water partition coefficient (Wildman–Crippen LogP) is 1.55. The normalized spacial score (nSPS) is 21.0. The smallest absolute Gasteiger partial charge is 0.312 e. The molecule has 7 nitrogen and oxygen atoms in total. The van der Waals surface area contributed by atoms with Gasteiger partial charge in [0.15, 0.2) is 12.2 Å². The summed E-state index contributed by atoms with van der Waals surface area (Å²) >= 11 is 0. The molecule has 1 aromatic heterocycles. The number of amides is 1. The van der Waals surface area contributed by atoms with Crippen LogP contribution in [-0.2, 0) is 25.5 Å². The third-order valence-electron chi connectivity index (χ3n) is 3.89. The summed E-state index contributed by atoms with van der Waals surface area (Å²) in [5.74, 6) is -0.716. The van der Waals surface area contributed by atoms with Gasteiger partial charge in [-0.25, -0.2) is 0 Å². The number of hydrogen-bond acceptors (Lipinski definition) is 6. The van der Waals surface area contributed by atoms with Crippen molar-refractivity contribution in [2.45, 2.75) is 32.5 Å². The van der Waals surface area contributed by atoms with Gasteiger partial charge in [-0.1, -0.05) is 17.3 Å². The van der Waals surface area contributed by atoms with E-state index in [9.17, 15) is 9.59 Å². The van der Waals surface area contributed by atoms with E-state index in [-0.39, 0.29) is 31.1 Å². The molecule has 1 amide bonds. The molecule has 3 rings (SSSR count). The summed E-state index contributed by atoms with van der Waals surface area (Å²) in [6.07, 6.45) is -0.0648. The van der Waals surface area contributed by atoms with E-state index in [2.05, 4.69) is 5.16 Å². The monoisotopic (exact) mass is 332 g/mol. The topological polar surface area (TPSA) is 81.9 Å². The Bertz CT molecular complexity index is 731. The van der Waals surface area contributed by atoms with Crippen LogP contribution in [-0.4, -0.2) is 53.8 Å².